The van der Waals surface area contributed by atoms with Crippen molar-refractivity contribution < 1.29 is 14.3 Å². The third-order valence-corrected chi connectivity index (χ3v) is 6.00. The third kappa shape index (κ3) is 4.47. The minimum atomic E-state index is -0.445. The van der Waals surface area contributed by atoms with Crippen molar-refractivity contribution in [2.24, 2.45) is 5.73 Å². The molecule has 0 saturated carbocycles. The second-order valence-electron chi connectivity index (χ2n) is 7.98. The number of nitrogens with two attached hydrogens (primary N) is 1. The normalized spacial score (nSPS) is 16.2. The number of hydrogen-bond donors (Lipinski definition) is 1. The third-order valence-electron chi connectivity index (χ3n) is 6.00. The summed E-state index contributed by atoms with van der Waals surface area (Å²) in [7, 11) is 0. The molecule has 0 bridgehead atoms. The summed E-state index contributed by atoms with van der Waals surface area (Å²) in [6.45, 7) is 4.06. The minimum Gasteiger partial charge on any atom is -0.376 e. The van der Waals surface area contributed by atoms with E-state index in [4.69, 9.17) is 10.5 Å². The van der Waals surface area contributed by atoms with Crippen LogP contribution in [-0.4, -0.2) is 42.5 Å². The summed E-state index contributed by atoms with van der Waals surface area (Å²) >= 11 is 0. The van der Waals surface area contributed by atoms with E-state index in [0.717, 1.165) is 47.8 Å². The van der Waals surface area contributed by atoms with Crippen LogP contribution in [0.25, 0.3) is 21.9 Å². The van der Waals surface area contributed by atoms with Gasteiger partial charge in [-0.2, -0.15) is 0 Å². The standard InChI is InChI=1S/C26H28N2O3/c1-2-28(17-20-7-3-4-16-31-20)26(30)24-11-6-9-22-21(8-5-10-23(22)24)18-12-14-19(15-13-18)25(27)29/h5-6,8-15,20H,2-4,7,16-17H2,1H3,(H2,27,29). The lowest BCUT2D eigenvalue weighted by Gasteiger charge is -2.29. The average molecular weight is 417 g/mol. The molecule has 5 nitrogen and oxygen atoms in total. The van der Waals surface area contributed by atoms with Gasteiger partial charge in [0, 0.05) is 30.8 Å². The number of primary amides is 1. The summed E-state index contributed by atoms with van der Waals surface area (Å²) in [5.74, 6) is -0.414. The molecule has 0 spiro atoms. The molecule has 2 N–H and O–H groups in total. The van der Waals surface area contributed by atoms with Crippen LogP contribution in [0.3, 0.4) is 0 Å². The fourth-order valence-electron chi connectivity index (χ4n) is 4.29. The molecule has 0 aromatic heterocycles. The molecule has 1 aliphatic rings. The van der Waals surface area contributed by atoms with E-state index in [2.05, 4.69) is 0 Å². The highest BCUT2D eigenvalue weighted by atomic mass is 16.5. The van der Waals surface area contributed by atoms with E-state index < -0.39 is 5.91 Å². The van der Waals surface area contributed by atoms with E-state index in [1.165, 1.54) is 0 Å². The van der Waals surface area contributed by atoms with Crippen molar-refractivity contribution >= 4 is 22.6 Å². The van der Waals surface area contributed by atoms with Crippen LogP contribution in [0.4, 0.5) is 0 Å². The Hall–Kier alpha value is -3.18. The zero-order valence-corrected chi connectivity index (χ0v) is 17.8. The van der Waals surface area contributed by atoms with Gasteiger partial charge in [-0.25, -0.2) is 0 Å². The molecule has 3 aromatic carbocycles. The second kappa shape index (κ2) is 9.31. The van der Waals surface area contributed by atoms with Gasteiger partial charge >= 0.3 is 0 Å². The Balaban J connectivity index is 1.68. The Bertz CT molecular complexity index is 1090. The molecular formula is C26H28N2O3. The van der Waals surface area contributed by atoms with Crippen molar-refractivity contribution in [3.63, 3.8) is 0 Å². The summed E-state index contributed by atoms with van der Waals surface area (Å²) in [6, 6.07) is 19.1. The number of nitrogens with zero attached hydrogens (tertiary/aromatic N) is 1. The first-order valence-corrected chi connectivity index (χ1v) is 10.9. The first-order valence-electron chi connectivity index (χ1n) is 10.9. The molecule has 1 heterocycles. The van der Waals surface area contributed by atoms with Gasteiger partial charge in [0.05, 0.1) is 6.10 Å². The molecule has 1 atom stereocenters. The molecule has 0 aliphatic carbocycles. The molecule has 31 heavy (non-hydrogen) atoms. The molecule has 160 valence electrons. The van der Waals surface area contributed by atoms with Crippen molar-refractivity contribution in [3.8, 4) is 11.1 Å². The molecule has 0 radical (unpaired) electrons. The number of ether oxygens (including phenoxy) is 1. The van der Waals surface area contributed by atoms with E-state index in [0.29, 0.717) is 24.2 Å². The lowest BCUT2D eigenvalue weighted by atomic mass is 9.94. The van der Waals surface area contributed by atoms with Crippen molar-refractivity contribution in [2.45, 2.75) is 32.3 Å². The number of fused-ring (bicyclic) bond motifs is 1. The van der Waals surface area contributed by atoms with Crippen LogP contribution in [0.2, 0.25) is 0 Å². The van der Waals surface area contributed by atoms with Crippen molar-refractivity contribution in [2.75, 3.05) is 19.7 Å². The van der Waals surface area contributed by atoms with Gasteiger partial charge < -0.3 is 15.4 Å². The predicted molar refractivity (Wildman–Crippen MR) is 123 cm³/mol. The minimum absolute atomic E-state index is 0.0310. The van der Waals surface area contributed by atoms with E-state index in [1.807, 2.05) is 60.4 Å². The molecule has 1 fully saturated rings. The van der Waals surface area contributed by atoms with Gasteiger partial charge in [0.2, 0.25) is 5.91 Å². The Kier molecular flexibility index (Phi) is 6.33. The number of rotatable bonds is 6. The zero-order chi connectivity index (χ0) is 21.8. The maximum absolute atomic E-state index is 13.5. The molecule has 2 amide bonds. The van der Waals surface area contributed by atoms with Gasteiger partial charge in [-0.1, -0.05) is 42.5 Å². The summed E-state index contributed by atoms with van der Waals surface area (Å²) in [6.07, 6.45) is 3.38. The highest BCUT2D eigenvalue weighted by Gasteiger charge is 2.23. The van der Waals surface area contributed by atoms with E-state index in [1.54, 1.807) is 12.1 Å². The maximum atomic E-state index is 13.5. The van der Waals surface area contributed by atoms with E-state index in [-0.39, 0.29) is 12.0 Å². The van der Waals surface area contributed by atoms with Crippen LogP contribution in [-0.2, 0) is 4.74 Å². The van der Waals surface area contributed by atoms with Crippen LogP contribution < -0.4 is 5.73 Å². The van der Waals surface area contributed by atoms with Crippen molar-refractivity contribution in [3.05, 3.63) is 71.8 Å². The smallest absolute Gasteiger partial charge is 0.254 e. The fourth-order valence-corrected chi connectivity index (χ4v) is 4.29. The van der Waals surface area contributed by atoms with Gasteiger partial charge in [-0.15, -0.1) is 0 Å². The molecule has 4 rings (SSSR count). The molecular weight excluding hydrogens is 388 g/mol. The number of hydrogen-bond acceptors (Lipinski definition) is 3. The number of benzene rings is 3. The highest BCUT2D eigenvalue weighted by molar-refractivity contribution is 6.10. The average Bonchev–Trinajstić information content (AvgIpc) is 2.82. The van der Waals surface area contributed by atoms with Crippen LogP contribution in [0.1, 0.15) is 46.9 Å². The number of likely N-dealkylation sites (N-methyl/N-ethyl adjacent to an activating group) is 1. The van der Waals surface area contributed by atoms with Gasteiger partial charge in [0.25, 0.3) is 5.91 Å². The molecule has 1 aliphatic heterocycles. The Morgan fingerprint density at radius 3 is 2.42 bits per heavy atom. The zero-order valence-electron chi connectivity index (χ0n) is 17.8. The summed E-state index contributed by atoms with van der Waals surface area (Å²) < 4.78 is 5.86. The van der Waals surface area contributed by atoms with Crippen molar-refractivity contribution in [1.82, 2.24) is 4.90 Å². The van der Waals surface area contributed by atoms with Crippen LogP contribution in [0.15, 0.2) is 60.7 Å². The van der Waals surface area contributed by atoms with Crippen LogP contribution in [0, 0.1) is 0 Å². The summed E-state index contributed by atoms with van der Waals surface area (Å²) in [5.41, 5.74) is 8.53. The van der Waals surface area contributed by atoms with Crippen LogP contribution in [0.5, 0.6) is 0 Å². The van der Waals surface area contributed by atoms with Gasteiger partial charge in [-0.05, 0) is 66.3 Å². The molecule has 3 aromatic rings. The first kappa shape index (κ1) is 21.1. The predicted octanol–water partition coefficient (Wildman–Crippen LogP) is 4.64. The topological polar surface area (TPSA) is 72.6 Å². The Labute approximate surface area is 182 Å². The van der Waals surface area contributed by atoms with Gasteiger partial charge in [-0.3, -0.25) is 9.59 Å². The Morgan fingerprint density at radius 1 is 1.00 bits per heavy atom. The fraction of sp³-hybridized carbons (Fsp3) is 0.308. The first-order chi connectivity index (χ1) is 15.1. The monoisotopic (exact) mass is 416 g/mol. The maximum Gasteiger partial charge on any atom is 0.254 e. The number of amides is 2. The lowest BCUT2D eigenvalue weighted by Crippen LogP contribution is -2.39. The largest absolute Gasteiger partial charge is 0.376 e. The number of carbonyl (C=O) groups is 2. The highest BCUT2D eigenvalue weighted by Crippen LogP contribution is 2.31. The number of carbonyl (C=O) groups excluding carboxylic acids is 2. The Morgan fingerprint density at radius 2 is 1.74 bits per heavy atom. The molecule has 5 heteroatoms. The summed E-state index contributed by atoms with van der Waals surface area (Å²) in [5, 5.41) is 1.93. The quantitative estimate of drug-likeness (QED) is 0.636. The van der Waals surface area contributed by atoms with E-state index in [9.17, 15) is 9.59 Å². The molecule has 1 unspecified atom stereocenters. The molecule has 1 saturated heterocycles. The lowest BCUT2D eigenvalue weighted by molar-refractivity contribution is -0.00307. The van der Waals surface area contributed by atoms with Crippen molar-refractivity contribution in [1.29, 1.82) is 0 Å². The van der Waals surface area contributed by atoms with Crippen LogP contribution >= 0.6 is 0 Å². The summed E-state index contributed by atoms with van der Waals surface area (Å²) in [4.78, 5) is 26.7. The van der Waals surface area contributed by atoms with Gasteiger partial charge in [0.1, 0.15) is 0 Å². The SMILES string of the molecule is CCN(CC1CCCCO1)C(=O)c1cccc2c(-c3ccc(C(N)=O)cc3)cccc12. The second-order valence-corrected chi connectivity index (χ2v) is 7.98. The van der Waals surface area contributed by atoms with E-state index >= 15 is 0 Å². The van der Waals surface area contributed by atoms with Gasteiger partial charge in [0.15, 0.2) is 0 Å².